The normalized spacial score (nSPS) is 10.3. The Morgan fingerprint density at radius 2 is 2.05 bits per heavy atom. The van der Waals surface area contributed by atoms with Gasteiger partial charge in [0, 0.05) is 19.7 Å². The molecule has 1 amide bonds. The number of nitro benzene ring substituents is 1. The van der Waals surface area contributed by atoms with Crippen molar-refractivity contribution in [3.8, 4) is 5.75 Å². The molecule has 0 aromatic heterocycles. The number of carbonyl (C=O) groups excluding carboxylic acids is 1. The van der Waals surface area contributed by atoms with Gasteiger partial charge in [0.1, 0.15) is 0 Å². The first-order valence-electron chi connectivity index (χ1n) is 6.02. The lowest BCUT2D eigenvalue weighted by Gasteiger charge is -2.19. The number of para-hydroxylation sites is 2. The summed E-state index contributed by atoms with van der Waals surface area (Å²) in [6.07, 6.45) is 0. The average Bonchev–Trinajstić information content (AvgIpc) is 2.35. The number of likely N-dealkylation sites (N-methyl/N-ethyl adjacent to an activating group) is 1. The molecule has 0 atom stereocenters. The molecule has 0 fully saturated rings. The molecule has 104 valence electrons. The third-order valence-electron chi connectivity index (χ3n) is 2.48. The fourth-order valence-corrected chi connectivity index (χ4v) is 1.63. The van der Waals surface area contributed by atoms with Crippen LogP contribution in [0.3, 0.4) is 0 Å². The van der Waals surface area contributed by atoms with E-state index in [9.17, 15) is 14.9 Å². The second-order valence-electron chi connectivity index (χ2n) is 4.68. The van der Waals surface area contributed by atoms with E-state index in [1.165, 1.54) is 12.1 Å². The number of ether oxygens (including phenoxy) is 1. The molecule has 0 radical (unpaired) electrons. The molecule has 6 nitrogen and oxygen atoms in total. The zero-order valence-electron chi connectivity index (χ0n) is 11.3. The molecule has 19 heavy (non-hydrogen) atoms. The van der Waals surface area contributed by atoms with Crippen molar-refractivity contribution in [2.24, 2.45) is 5.92 Å². The maximum absolute atomic E-state index is 11.8. The number of hydrogen-bond acceptors (Lipinski definition) is 4. The molecule has 1 rings (SSSR count). The van der Waals surface area contributed by atoms with Crippen LogP contribution in [0.25, 0.3) is 0 Å². The topological polar surface area (TPSA) is 72.7 Å². The molecule has 0 saturated heterocycles. The highest BCUT2D eigenvalue weighted by molar-refractivity contribution is 5.77. The number of rotatable bonds is 6. The van der Waals surface area contributed by atoms with E-state index >= 15 is 0 Å². The first kappa shape index (κ1) is 14.9. The highest BCUT2D eigenvalue weighted by atomic mass is 16.6. The lowest BCUT2D eigenvalue weighted by molar-refractivity contribution is -0.385. The number of benzene rings is 1. The molecule has 0 unspecified atom stereocenters. The van der Waals surface area contributed by atoms with E-state index < -0.39 is 4.92 Å². The van der Waals surface area contributed by atoms with Crippen LogP contribution in [0.1, 0.15) is 13.8 Å². The monoisotopic (exact) mass is 266 g/mol. The lowest BCUT2D eigenvalue weighted by Crippen LogP contribution is -2.34. The van der Waals surface area contributed by atoms with Crippen LogP contribution >= 0.6 is 0 Å². The number of amides is 1. The molecule has 0 aliphatic rings. The summed E-state index contributed by atoms with van der Waals surface area (Å²) >= 11 is 0. The Morgan fingerprint density at radius 3 is 2.63 bits per heavy atom. The minimum Gasteiger partial charge on any atom is -0.477 e. The molecule has 1 aromatic carbocycles. The van der Waals surface area contributed by atoms with E-state index in [2.05, 4.69) is 0 Å². The van der Waals surface area contributed by atoms with Gasteiger partial charge in [-0.1, -0.05) is 26.0 Å². The SMILES string of the molecule is CC(C)CN(C)C(=O)COc1ccccc1[N+](=O)[O-]. The van der Waals surface area contributed by atoms with Crippen molar-refractivity contribution >= 4 is 11.6 Å². The van der Waals surface area contributed by atoms with Gasteiger partial charge >= 0.3 is 5.69 Å². The van der Waals surface area contributed by atoms with Gasteiger partial charge in [0.2, 0.25) is 0 Å². The second kappa shape index (κ2) is 6.72. The molecular weight excluding hydrogens is 248 g/mol. The first-order valence-corrected chi connectivity index (χ1v) is 6.02. The van der Waals surface area contributed by atoms with E-state index in [-0.39, 0.29) is 24.0 Å². The fourth-order valence-electron chi connectivity index (χ4n) is 1.63. The number of hydrogen-bond donors (Lipinski definition) is 0. The molecule has 6 heteroatoms. The zero-order valence-corrected chi connectivity index (χ0v) is 11.3. The molecular formula is C13H18N2O4. The van der Waals surface area contributed by atoms with Crippen molar-refractivity contribution < 1.29 is 14.5 Å². The van der Waals surface area contributed by atoms with Gasteiger partial charge in [0.25, 0.3) is 5.91 Å². The quantitative estimate of drug-likeness (QED) is 0.583. The third kappa shape index (κ3) is 4.57. The van der Waals surface area contributed by atoms with Crippen LogP contribution < -0.4 is 4.74 Å². The van der Waals surface area contributed by atoms with Gasteiger partial charge in [-0.15, -0.1) is 0 Å². The molecule has 0 spiro atoms. The Hall–Kier alpha value is -2.11. The Bertz CT molecular complexity index is 460. The average molecular weight is 266 g/mol. The fraction of sp³-hybridized carbons (Fsp3) is 0.462. The van der Waals surface area contributed by atoms with Crippen LogP contribution in [0.4, 0.5) is 5.69 Å². The molecule has 0 heterocycles. The van der Waals surface area contributed by atoms with E-state index in [4.69, 9.17) is 4.74 Å². The maximum Gasteiger partial charge on any atom is 0.310 e. The van der Waals surface area contributed by atoms with Crippen molar-refractivity contribution in [2.45, 2.75) is 13.8 Å². The molecule has 0 aliphatic heterocycles. The minimum atomic E-state index is -0.530. The standard InChI is InChI=1S/C13H18N2O4/c1-10(2)8-14(3)13(16)9-19-12-7-5-4-6-11(12)15(17)18/h4-7,10H,8-9H2,1-3H3. The highest BCUT2D eigenvalue weighted by Gasteiger charge is 2.16. The second-order valence-corrected chi connectivity index (χ2v) is 4.68. The van der Waals surface area contributed by atoms with Crippen molar-refractivity contribution in [3.05, 3.63) is 34.4 Å². The summed E-state index contributed by atoms with van der Waals surface area (Å²) in [4.78, 5) is 23.6. The van der Waals surface area contributed by atoms with Gasteiger partial charge in [-0.3, -0.25) is 14.9 Å². The van der Waals surface area contributed by atoms with Crippen LogP contribution in [0.2, 0.25) is 0 Å². The lowest BCUT2D eigenvalue weighted by atomic mass is 10.2. The van der Waals surface area contributed by atoms with Crippen LogP contribution in [0, 0.1) is 16.0 Å². The molecule has 0 aliphatic carbocycles. The van der Waals surface area contributed by atoms with Gasteiger partial charge in [0.05, 0.1) is 4.92 Å². The summed E-state index contributed by atoms with van der Waals surface area (Å²) in [6.45, 7) is 4.44. The molecule has 0 N–H and O–H groups in total. The van der Waals surface area contributed by atoms with E-state index in [0.29, 0.717) is 12.5 Å². The minimum absolute atomic E-state index is 0.110. The zero-order chi connectivity index (χ0) is 14.4. The summed E-state index contributed by atoms with van der Waals surface area (Å²) in [5, 5.41) is 10.8. The van der Waals surface area contributed by atoms with E-state index in [1.54, 1.807) is 24.1 Å². The molecule has 0 saturated carbocycles. The summed E-state index contributed by atoms with van der Waals surface area (Å²) in [5.41, 5.74) is -0.137. The van der Waals surface area contributed by atoms with Crippen LogP contribution in [0.5, 0.6) is 5.75 Å². The van der Waals surface area contributed by atoms with Gasteiger partial charge in [-0.2, -0.15) is 0 Å². The Balaban J connectivity index is 2.62. The molecule has 1 aromatic rings. The Labute approximate surface area is 112 Å². The Morgan fingerprint density at radius 1 is 1.42 bits per heavy atom. The molecule has 0 bridgehead atoms. The maximum atomic E-state index is 11.8. The number of nitrogens with zero attached hydrogens (tertiary/aromatic N) is 2. The number of nitro groups is 1. The summed E-state index contributed by atoms with van der Waals surface area (Å²) in [7, 11) is 1.69. The predicted octanol–water partition coefficient (Wildman–Crippen LogP) is 2.09. The summed E-state index contributed by atoms with van der Waals surface area (Å²) < 4.78 is 5.23. The van der Waals surface area contributed by atoms with Crippen molar-refractivity contribution in [3.63, 3.8) is 0 Å². The van der Waals surface area contributed by atoms with E-state index in [0.717, 1.165) is 0 Å². The van der Waals surface area contributed by atoms with Gasteiger partial charge < -0.3 is 9.64 Å². The smallest absolute Gasteiger partial charge is 0.310 e. The predicted molar refractivity (Wildman–Crippen MR) is 71.1 cm³/mol. The Kier molecular flexibility index (Phi) is 5.29. The largest absolute Gasteiger partial charge is 0.477 e. The van der Waals surface area contributed by atoms with E-state index in [1.807, 2.05) is 13.8 Å². The van der Waals surface area contributed by atoms with Crippen molar-refractivity contribution in [1.82, 2.24) is 4.90 Å². The first-order chi connectivity index (χ1) is 8.91. The van der Waals surface area contributed by atoms with Gasteiger partial charge in [-0.25, -0.2) is 0 Å². The third-order valence-corrected chi connectivity index (χ3v) is 2.48. The van der Waals surface area contributed by atoms with Gasteiger partial charge in [0.15, 0.2) is 12.4 Å². The van der Waals surface area contributed by atoms with Crippen molar-refractivity contribution in [1.29, 1.82) is 0 Å². The summed E-state index contributed by atoms with van der Waals surface area (Å²) in [5.74, 6) is 0.269. The highest BCUT2D eigenvalue weighted by Crippen LogP contribution is 2.25. The number of carbonyl (C=O) groups is 1. The van der Waals surface area contributed by atoms with Crippen LogP contribution in [-0.2, 0) is 4.79 Å². The van der Waals surface area contributed by atoms with Gasteiger partial charge in [-0.05, 0) is 12.0 Å². The van der Waals surface area contributed by atoms with Crippen molar-refractivity contribution in [2.75, 3.05) is 20.2 Å². The van der Waals surface area contributed by atoms with Crippen LogP contribution in [-0.4, -0.2) is 35.9 Å². The summed E-state index contributed by atoms with van der Waals surface area (Å²) in [6, 6.07) is 6.01. The van der Waals surface area contributed by atoms with Crippen LogP contribution in [0.15, 0.2) is 24.3 Å².